The van der Waals surface area contributed by atoms with Crippen LogP contribution in [-0.2, 0) is 0 Å². The van der Waals surface area contributed by atoms with Gasteiger partial charge < -0.3 is 16.2 Å². The van der Waals surface area contributed by atoms with Crippen molar-refractivity contribution < 1.29 is 5.11 Å². The summed E-state index contributed by atoms with van der Waals surface area (Å²) in [6.07, 6.45) is 2.49. The lowest BCUT2D eigenvalue weighted by Gasteiger charge is -2.19. The molecular weight excluding hydrogens is 270 g/mol. The molecule has 0 bridgehead atoms. The van der Waals surface area contributed by atoms with Gasteiger partial charge in [0, 0.05) is 0 Å². The standard InChI is InChI=1S/C11H18BrN3O/c1-7(2)3-9(6-16)15-11-10(12)4-8(13)5-14-11/h4-5,7,9,16H,3,6,13H2,1-2H3,(H,14,15). The summed E-state index contributed by atoms with van der Waals surface area (Å²) in [5.41, 5.74) is 6.21. The molecule has 0 amide bonds. The Labute approximate surface area is 104 Å². The van der Waals surface area contributed by atoms with Crippen LogP contribution in [0.4, 0.5) is 11.5 Å². The zero-order valence-corrected chi connectivity index (χ0v) is 11.2. The molecule has 0 aliphatic rings. The minimum absolute atomic E-state index is 0.0208. The van der Waals surface area contributed by atoms with E-state index in [9.17, 15) is 5.11 Å². The third-order valence-corrected chi connectivity index (χ3v) is 2.78. The Bertz CT molecular complexity index is 344. The minimum Gasteiger partial charge on any atom is -0.397 e. The number of nitrogens with two attached hydrogens (primary N) is 1. The molecule has 1 unspecified atom stereocenters. The lowest BCUT2D eigenvalue weighted by Crippen LogP contribution is -2.26. The van der Waals surface area contributed by atoms with Crippen molar-refractivity contribution in [1.82, 2.24) is 4.98 Å². The van der Waals surface area contributed by atoms with E-state index in [4.69, 9.17) is 5.73 Å². The lowest BCUT2D eigenvalue weighted by atomic mass is 10.0. The summed E-state index contributed by atoms with van der Waals surface area (Å²) in [6, 6.07) is 1.81. The second kappa shape index (κ2) is 6.06. The van der Waals surface area contributed by atoms with Crippen LogP contribution in [0.15, 0.2) is 16.7 Å². The molecule has 0 saturated carbocycles. The molecule has 0 aliphatic heterocycles. The van der Waals surface area contributed by atoms with E-state index in [2.05, 4.69) is 40.1 Å². The number of nitrogen functional groups attached to an aromatic ring is 1. The number of halogens is 1. The minimum atomic E-state index is 0.0208. The zero-order valence-electron chi connectivity index (χ0n) is 9.57. The van der Waals surface area contributed by atoms with Gasteiger partial charge in [-0.1, -0.05) is 13.8 Å². The van der Waals surface area contributed by atoms with Gasteiger partial charge in [0.1, 0.15) is 5.82 Å². The molecule has 1 heterocycles. The van der Waals surface area contributed by atoms with Crippen LogP contribution in [0.1, 0.15) is 20.3 Å². The number of rotatable bonds is 5. The molecule has 0 radical (unpaired) electrons. The van der Waals surface area contributed by atoms with Crippen molar-refractivity contribution in [3.63, 3.8) is 0 Å². The van der Waals surface area contributed by atoms with Gasteiger partial charge in [-0.2, -0.15) is 0 Å². The number of aromatic nitrogens is 1. The van der Waals surface area contributed by atoms with Crippen LogP contribution >= 0.6 is 15.9 Å². The molecule has 4 N–H and O–H groups in total. The summed E-state index contributed by atoms with van der Waals surface area (Å²) in [6.45, 7) is 4.34. The van der Waals surface area contributed by atoms with E-state index in [0.717, 1.165) is 10.9 Å². The van der Waals surface area contributed by atoms with Crippen molar-refractivity contribution in [3.05, 3.63) is 16.7 Å². The molecule has 1 atom stereocenters. The molecule has 0 fully saturated rings. The molecule has 0 saturated heterocycles. The Hall–Kier alpha value is -0.810. The fourth-order valence-electron chi connectivity index (χ4n) is 1.50. The highest BCUT2D eigenvalue weighted by Gasteiger charge is 2.11. The van der Waals surface area contributed by atoms with E-state index in [0.29, 0.717) is 17.4 Å². The topological polar surface area (TPSA) is 71.2 Å². The largest absolute Gasteiger partial charge is 0.397 e. The van der Waals surface area contributed by atoms with Gasteiger partial charge in [0.25, 0.3) is 0 Å². The lowest BCUT2D eigenvalue weighted by molar-refractivity contribution is 0.259. The summed E-state index contributed by atoms with van der Waals surface area (Å²) in [5.74, 6) is 1.24. The van der Waals surface area contributed by atoms with Crippen LogP contribution in [0.25, 0.3) is 0 Å². The number of nitrogens with zero attached hydrogens (tertiary/aromatic N) is 1. The highest BCUT2D eigenvalue weighted by Crippen LogP contribution is 2.23. The summed E-state index contributed by atoms with van der Waals surface area (Å²) in [5, 5.41) is 12.4. The van der Waals surface area contributed by atoms with Gasteiger partial charge in [-0.15, -0.1) is 0 Å². The van der Waals surface area contributed by atoms with E-state index < -0.39 is 0 Å². The predicted octanol–water partition coefficient (Wildman–Crippen LogP) is 2.25. The number of aliphatic hydroxyl groups is 1. The molecule has 1 aromatic rings. The molecule has 1 rings (SSSR count). The monoisotopic (exact) mass is 287 g/mol. The van der Waals surface area contributed by atoms with Gasteiger partial charge in [0.2, 0.25) is 0 Å². The number of pyridine rings is 1. The predicted molar refractivity (Wildman–Crippen MR) is 70.3 cm³/mol. The Morgan fingerprint density at radius 2 is 2.25 bits per heavy atom. The van der Waals surface area contributed by atoms with Crippen molar-refractivity contribution in [3.8, 4) is 0 Å². The Kier molecular flexibility index (Phi) is 5.02. The van der Waals surface area contributed by atoms with Crippen LogP contribution in [0.5, 0.6) is 0 Å². The van der Waals surface area contributed by atoms with Gasteiger partial charge in [-0.25, -0.2) is 4.98 Å². The van der Waals surface area contributed by atoms with Crippen molar-refractivity contribution in [2.45, 2.75) is 26.3 Å². The summed E-state index contributed by atoms with van der Waals surface area (Å²) >= 11 is 3.38. The van der Waals surface area contributed by atoms with Crippen LogP contribution in [-0.4, -0.2) is 22.7 Å². The van der Waals surface area contributed by atoms with Gasteiger partial charge in [-0.05, 0) is 34.3 Å². The smallest absolute Gasteiger partial charge is 0.140 e. The van der Waals surface area contributed by atoms with Crippen molar-refractivity contribution in [2.75, 3.05) is 17.7 Å². The molecule has 0 spiro atoms. The first-order valence-electron chi connectivity index (χ1n) is 5.31. The molecule has 0 aromatic carbocycles. The first-order chi connectivity index (χ1) is 7.52. The van der Waals surface area contributed by atoms with Crippen LogP contribution in [0.3, 0.4) is 0 Å². The van der Waals surface area contributed by atoms with Gasteiger partial charge in [-0.3, -0.25) is 0 Å². The molecule has 0 aliphatic carbocycles. The molecular formula is C11H18BrN3O. The number of anilines is 2. The van der Waals surface area contributed by atoms with Crippen molar-refractivity contribution in [2.24, 2.45) is 5.92 Å². The van der Waals surface area contributed by atoms with E-state index in [1.807, 2.05) is 0 Å². The third kappa shape index (κ3) is 3.98. The number of aliphatic hydroxyl groups excluding tert-OH is 1. The van der Waals surface area contributed by atoms with Crippen LogP contribution < -0.4 is 11.1 Å². The Balaban J connectivity index is 2.70. The average Bonchev–Trinajstić information content (AvgIpc) is 2.20. The number of hydrogen-bond donors (Lipinski definition) is 3. The average molecular weight is 288 g/mol. The second-order valence-electron chi connectivity index (χ2n) is 4.25. The van der Waals surface area contributed by atoms with E-state index >= 15 is 0 Å². The summed E-state index contributed by atoms with van der Waals surface area (Å²) < 4.78 is 0.815. The van der Waals surface area contributed by atoms with Crippen molar-refractivity contribution in [1.29, 1.82) is 0 Å². The van der Waals surface area contributed by atoms with E-state index in [1.165, 1.54) is 0 Å². The van der Waals surface area contributed by atoms with E-state index in [1.54, 1.807) is 12.3 Å². The fraction of sp³-hybridized carbons (Fsp3) is 0.545. The normalized spacial score (nSPS) is 12.8. The maximum atomic E-state index is 9.25. The summed E-state index contributed by atoms with van der Waals surface area (Å²) in [7, 11) is 0. The highest BCUT2D eigenvalue weighted by atomic mass is 79.9. The SMILES string of the molecule is CC(C)CC(CO)Nc1ncc(N)cc1Br. The molecule has 16 heavy (non-hydrogen) atoms. The van der Waals surface area contributed by atoms with Gasteiger partial charge in [0.05, 0.1) is 29.0 Å². The zero-order chi connectivity index (χ0) is 12.1. The Morgan fingerprint density at radius 1 is 1.56 bits per heavy atom. The molecule has 4 nitrogen and oxygen atoms in total. The summed E-state index contributed by atoms with van der Waals surface area (Å²) in [4.78, 5) is 4.18. The van der Waals surface area contributed by atoms with Gasteiger partial charge >= 0.3 is 0 Å². The molecule has 90 valence electrons. The Morgan fingerprint density at radius 3 is 2.75 bits per heavy atom. The quantitative estimate of drug-likeness (QED) is 0.777. The van der Waals surface area contributed by atoms with E-state index in [-0.39, 0.29) is 12.6 Å². The maximum Gasteiger partial charge on any atom is 0.140 e. The maximum absolute atomic E-state index is 9.25. The number of nitrogens with one attached hydrogen (secondary N) is 1. The third-order valence-electron chi connectivity index (χ3n) is 2.18. The van der Waals surface area contributed by atoms with Gasteiger partial charge in [0.15, 0.2) is 0 Å². The first kappa shape index (κ1) is 13.3. The fourth-order valence-corrected chi connectivity index (χ4v) is 1.98. The van der Waals surface area contributed by atoms with Crippen LogP contribution in [0.2, 0.25) is 0 Å². The molecule has 5 heteroatoms. The van der Waals surface area contributed by atoms with Crippen LogP contribution in [0, 0.1) is 5.92 Å². The molecule has 1 aromatic heterocycles. The highest BCUT2D eigenvalue weighted by molar-refractivity contribution is 9.10. The van der Waals surface area contributed by atoms with Crippen molar-refractivity contribution >= 4 is 27.4 Å². The number of hydrogen-bond acceptors (Lipinski definition) is 4. The second-order valence-corrected chi connectivity index (χ2v) is 5.11. The first-order valence-corrected chi connectivity index (χ1v) is 6.10.